The molecule has 3 N–H and O–H groups in total. The molecule has 3 amide bonds. The molecule has 3 saturated heterocycles. The summed E-state index contributed by atoms with van der Waals surface area (Å²) in [7, 11) is 0. The van der Waals surface area contributed by atoms with Gasteiger partial charge in [0.25, 0.3) is 0 Å². The van der Waals surface area contributed by atoms with Crippen LogP contribution in [0.15, 0.2) is 30.3 Å². The van der Waals surface area contributed by atoms with E-state index in [2.05, 4.69) is 17.6 Å². The van der Waals surface area contributed by atoms with Gasteiger partial charge in [-0.05, 0) is 44.2 Å². The van der Waals surface area contributed by atoms with Crippen molar-refractivity contribution in [3.63, 3.8) is 0 Å². The fraction of sp³-hybridized carbons (Fsp3) is 0.654. The van der Waals surface area contributed by atoms with Crippen molar-refractivity contribution in [2.24, 2.45) is 23.7 Å². The number of benzene rings is 1. The first-order valence-electron chi connectivity index (χ1n) is 12.4. The number of nitrogens with one attached hydrogen (secondary N) is 2. The number of para-hydroxylation sites is 1. The zero-order valence-electron chi connectivity index (χ0n) is 20.7. The number of carbonyl (C=O) groups is 3. The van der Waals surface area contributed by atoms with Gasteiger partial charge < -0.3 is 20.6 Å². The quantitative estimate of drug-likeness (QED) is 0.524. The molecule has 8 atom stereocenters. The van der Waals surface area contributed by atoms with Gasteiger partial charge in [0, 0.05) is 17.0 Å². The first-order chi connectivity index (χ1) is 16.2. The van der Waals surface area contributed by atoms with Crippen molar-refractivity contribution >= 4 is 35.2 Å². The smallest absolute Gasteiger partial charge is 0.244 e. The number of aliphatic hydroxyl groups excluding tert-OH is 1. The highest BCUT2D eigenvalue weighted by atomic mass is 32.2. The number of hydrogen-bond donors (Lipinski definition) is 3. The third-order valence-electron chi connectivity index (χ3n) is 8.05. The second-order valence-electron chi connectivity index (χ2n) is 10.5. The Morgan fingerprint density at radius 3 is 2.47 bits per heavy atom. The van der Waals surface area contributed by atoms with Crippen LogP contribution in [0.1, 0.15) is 47.5 Å². The lowest BCUT2D eigenvalue weighted by Gasteiger charge is -2.41. The average Bonchev–Trinajstić information content (AvgIpc) is 3.38. The maximum atomic E-state index is 14.1. The lowest BCUT2D eigenvalue weighted by Crippen LogP contribution is -2.60. The van der Waals surface area contributed by atoms with E-state index in [1.54, 1.807) is 16.7 Å². The van der Waals surface area contributed by atoms with Gasteiger partial charge in [-0.2, -0.15) is 0 Å². The normalized spacial score (nSPS) is 33.7. The number of rotatable bonds is 8. The lowest BCUT2D eigenvalue weighted by molar-refractivity contribution is -0.143. The molecule has 34 heavy (non-hydrogen) atoms. The second kappa shape index (κ2) is 9.53. The number of amides is 3. The Labute approximate surface area is 206 Å². The van der Waals surface area contributed by atoms with Gasteiger partial charge in [0.15, 0.2) is 0 Å². The summed E-state index contributed by atoms with van der Waals surface area (Å²) >= 11 is 1.66. The van der Waals surface area contributed by atoms with Crippen LogP contribution in [-0.2, 0) is 14.4 Å². The topological polar surface area (TPSA) is 98.7 Å². The van der Waals surface area contributed by atoms with Crippen LogP contribution in [0.25, 0.3) is 0 Å². The highest BCUT2D eigenvalue weighted by Gasteiger charge is 2.76. The van der Waals surface area contributed by atoms with E-state index in [1.807, 2.05) is 58.0 Å². The maximum Gasteiger partial charge on any atom is 0.244 e. The van der Waals surface area contributed by atoms with E-state index in [1.165, 1.54) is 0 Å². The number of likely N-dealkylation sites (tertiary alicyclic amines) is 1. The van der Waals surface area contributed by atoms with Crippen molar-refractivity contribution in [2.75, 3.05) is 11.9 Å². The molecule has 3 heterocycles. The summed E-state index contributed by atoms with van der Waals surface area (Å²) in [5.74, 6) is -1.49. The van der Waals surface area contributed by atoms with Crippen LogP contribution in [0.2, 0.25) is 0 Å². The number of hydrogen-bond acceptors (Lipinski definition) is 5. The molecule has 3 unspecified atom stereocenters. The largest absolute Gasteiger partial charge is 0.394 e. The molecule has 1 aromatic carbocycles. The Morgan fingerprint density at radius 2 is 1.88 bits per heavy atom. The first kappa shape index (κ1) is 25.0. The van der Waals surface area contributed by atoms with Crippen molar-refractivity contribution in [1.29, 1.82) is 0 Å². The molecule has 8 heteroatoms. The molecule has 4 rings (SSSR count). The van der Waals surface area contributed by atoms with Gasteiger partial charge in [0.05, 0.1) is 29.2 Å². The van der Waals surface area contributed by atoms with Gasteiger partial charge in [-0.15, -0.1) is 11.8 Å². The standard InChI is InChI=1S/C26H37N3O4S/c1-6-15(4)18(13-30)29-22(24(32)27-14(2)3)26-16(5)12-19(34-26)20(21(26)25(29)33)23(31)28-17-10-8-7-9-11-17/h7-11,14-16,18-22,30H,6,12-13H2,1-5H3,(H,27,32)(H,28,31)/t15-,16?,18-,19-,20+,21-,22?,26?/m0/s1. The van der Waals surface area contributed by atoms with Crippen molar-refractivity contribution in [1.82, 2.24) is 10.2 Å². The summed E-state index contributed by atoms with van der Waals surface area (Å²) < 4.78 is -0.680. The zero-order valence-corrected chi connectivity index (χ0v) is 21.5. The van der Waals surface area contributed by atoms with Crippen LogP contribution in [0.3, 0.4) is 0 Å². The van der Waals surface area contributed by atoms with Crippen LogP contribution in [-0.4, -0.2) is 62.5 Å². The van der Waals surface area contributed by atoms with E-state index >= 15 is 0 Å². The average molecular weight is 488 g/mol. The minimum Gasteiger partial charge on any atom is -0.394 e. The summed E-state index contributed by atoms with van der Waals surface area (Å²) in [5, 5.41) is 16.4. The molecule has 186 valence electrons. The predicted molar refractivity (Wildman–Crippen MR) is 134 cm³/mol. The van der Waals surface area contributed by atoms with E-state index in [-0.39, 0.29) is 47.5 Å². The number of nitrogens with zero attached hydrogens (tertiary/aromatic N) is 1. The number of carbonyl (C=O) groups excluding carboxylic acids is 3. The van der Waals surface area contributed by atoms with Crippen LogP contribution < -0.4 is 10.6 Å². The van der Waals surface area contributed by atoms with Crippen LogP contribution >= 0.6 is 11.8 Å². The Bertz CT molecular complexity index is 941. The highest BCUT2D eigenvalue weighted by Crippen LogP contribution is 2.69. The molecule has 0 saturated carbocycles. The summed E-state index contributed by atoms with van der Waals surface area (Å²) in [6, 6.07) is 8.03. The fourth-order valence-corrected chi connectivity index (χ4v) is 8.75. The molecule has 1 spiro atoms. The van der Waals surface area contributed by atoms with Gasteiger partial charge in [0.1, 0.15) is 6.04 Å². The Morgan fingerprint density at radius 1 is 1.21 bits per heavy atom. The van der Waals surface area contributed by atoms with Crippen molar-refractivity contribution < 1.29 is 19.5 Å². The number of fused-ring (bicyclic) bond motifs is 1. The molecule has 1 aromatic rings. The molecule has 3 aliphatic heterocycles. The summed E-state index contributed by atoms with van der Waals surface area (Å²) in [5.41, 5.74) is 0.701. The van der Waals surface area contributed by atoms with Crippen LogP contribution in [0.4, 0.5) is 5.69 Å². The van der Waals surface area contributed by atoms with Gasteiger partial charge >= 0.3 is 0 Å². The molecular formula is C26H37N3O4S. The number of aliphatic hydroxyl groups is 1. The molecule has 0 radical (unpaired) electrons. The SMILES string of the molecule is CC[C@H](C)[C@H](CO)N1C(=O)[C@@H]2[C@H](C(=O)Nc3ccccc3)[C@@H]3CC(C)C2(S3)C1C(=O)NC(C)C. The third kappa shape index (κ3) is 3.83. The minimum absolute atomic E-state index is 0.0136. The summed E-state index contributed by atoms with van der Waals surface area (Å²) in [6.07, 6.45) is 1.56. The third-order valence-corrected chi connectivity index (χ3v) is 10.1. The summed E-state index contributed by atoms with van der Waals surface area (Å²) in [4.78, 5) is 43.0. The Hall–Kier alpha value is -2.06. The highest BCUT2D eigenvalue weighted by molar-refractivity contribution is 8.02. The maximum absolute atomic E-state index is 14.1. The molecule has 0 aliphatic carbocycles. The van der Waals surface area contributed by atoms with Crippen molar-refractivity contribution in [3.05, 3.63) is 30.3 Å². The number of thioether (sulfide) groups is 1. The van der Waals surface area contributed by atoms with E-state index in [0.717, 1.165) is 12.8 Å². The Balaban J connectivity index is 1.76. The van der Waals surface area contributed by atoms with Crippen LogP contribution in [0, 0.1) is 23.7 Å². The molecule has 3 fully saturated rings. The lowest BCUT2D eigenvalue weighted by atomic mass is 9.65. The molecule has 2 bridgehead atoms. The van der Waals surface area contributed by atoms with Crippen molar-refractivity contribution in [2.45, 2.75) is 75.6 Å². The number of anilines is 1. The minimum atomic E-state index is -0.710. The van der Waals surface area contributed by atoms with Crippen molar-refractivity contribution in [3.8, 4) is 0 Å². The molecule has 0 aromatic heterocycles. The monoisotopic (exact) mass is 487 g/mol. The van der Waals surface area contributed by atoms with Crippen LogP contribution in [0.5, 0.6) is 0 Å². The predicted octanol–water partition coefficient (Wildman–Crippen LogP) is 2.89. The van der Waals surface area contributed by atoms with E-state index < -0.39 is 28.7 Å². The van der Waals surface area contributed by atoms with E-state index in [9.17, 15) is 19.5 Å². The van der Waals surface area contributed by atoms with Gasteiger partial charge in [0.2, 0.25) is 17.7 Å². The molecule has 7 nitrogen and oxygen atoms in total. The summed E-state index contributed by atoms with van der Waals surface area (Å²) in [6.45, 7) is 9.74. The second-order valence-corrected chi connectivity index (χ2v) is 12.0. The first-order valence-corrected chi connectivity index (χ1v) is 13.3. The Kier molecular flexibility index (Phi) is 7.02. The van der Waals surface area contributed by atoms with E-state index in [0.29, 0.717) is 5.69 Å². The molecular weight excluding hydrogens is 450 g/mol. The van der Waals surface area contributed by atoms with Gasteiger partial charge in [-0.1, -0.05) is 45.4 Å². The zero-order chi connectivity index (χ0) is 24.8. The van der Waals surface area contributed by atoms with Gasteiger partial charge in [-0.25, -0.2) is 0 Å². The molecule has 3 aliphatic rings. The van der Waals surface area contributed by atoms with E-state index in [4.69, 9.17) is 0 Å². The fourth-order valence-electron chi connectivity index (χ4n) is 6.34. The van der Waals surface area contributed by atoms with Gasteiger partial charge in [-0.3, -0.25) is 14.4 Å².